The van der Waals surface area contributed by atoms with Crippen LogP contribution in [0.25, 0.3) is 0 Å². The molecular weight excluding hydrogens is 441 g/mol. The Balaban J connectivity index is 2.72. The fraction of sp³-hybridized carbons (Fsp3) is 0.143. The highest BCUT2D eigenvalue weighted by atomic mass is 32.2. The number of nitrogens with one attached hydrogen (secondary N) is 1. The molecule has 0 aromatic heterocycles. The monoisotopic (exact) mass is 450 g/mol. The third kappa shape index (κ3) is 4.43. The minimum Gasteiger partial charge on any atom is -0.267 e. The summed E-state index contributed by atoms with van der Waals surface area (Å²) in [5.41, 5.74) is -6.68. The largest absolute Gasteiger partial charge is 0.416 e. The average Bonchev–Trinajstić information content (AvgIpc) is 2.59. The molecule has 0 aliphatic heterocycles. The van der Waals surface area contributed by atoms with Crippen LogP contribution < -0.4 is 4.72 Å². The summed E-state index contributed by atoms with van der Waals surface area (Å²) in [4.78, 5) is 28.8. The minimum absolute atomic E-state index is 0.0670. The van der Waals surface area contributed by atoms with Gasteiger partial charge in [-0.1, -0.05) is 6.07 Å². The van der Waals surface area contributed by atoms with Crippen LogP contribution in [-0.4, -0.2) is 23.2 Å². The van der Waals surface area contributed by atoms with E-state index in [9.17, 15) is 51.9 Å². The van der Waals surface area contributed by atoms with Gasteiger partial charge in [0, 0.05) is 23.8 Å². The maximum Gasteiger partial charge on any atom is 0.416 e. The van der Waals surface area contributed by atoms with Crippen molar-refractivity contribution in [3.8, 4) is 0 Å². The Hall–Kier alpha value is -3.82. The summed E-state index contributed by atoms with van der Waals surface area (Å²) in [6, 6.07) is 2.39. The van der Waals surface area contributed by atoms with Crippen LogP contribution in [0.1, 0.15) is 11.1 Å². The minimum atomic E-state index is -5.19. The second kappa shape index (κ2) is 7.54. The molecule has 2 rings (SSSR count). The van der Waals surface area contributed by atoms with Gasteiger partial charge in [0.2, 0.25) is 5.69 Å². The summed E-state index contributed by atoms with van der Waals surface area (Å²) in [6.45, 7) is 1.30. The Kier molecular flexibility index (Phi) is 5.65. The Bertz CT molecular complexity index is 1150. The Morgan fingerprint density at radius 1 is 0.867 bits per heavy atom. The molecule has 0 bridgehead atoms. The molecule has 2 aromatic carbocycles. The van der Waals surface area contributed by atoms with Crippen molar-refractivity contribution in [1.29, 1.82) is 0 Å². The third-order valence-electron chi connectivity index (χ3n) is 3.74. The number of nitro groups is 3. The molecule has 0 radical (unpaired) electrons. The first-order valence-electron chi connectivity index (χ1n) is 7.47. The van der Waals surface area contributed by atoms with Crippen LogP contribution in [0.3, 0.4) is 0 Å². The highest BCUT2D eigenvalue weighted by molar-refractivity contribution is 7.92. The fourth-order valence-corrected chi connectivity index (χ4v) is 3.42. The van der Waals surface area contributed by atoms with Crippen LogP contribution >= 0.6 is 0 Å². The van der Waals surface area contributed by atoms with Crippen LogP contribution in [0.15, 0.2) is 35.2 Å². The van der Waals surface area contributed by atoms with Gasteiger partial charge in [-0.05, 0) is 13.0 Å². The van der Waals surface area contributed by atoms with Crippen molar-refractivity contribution in [2.45, 2.75) is 18.0 Å². The summed E-state index contributed by atoms with van der Waals surface area (Å²) < 4.78 is 65.3. The summed E-state index contributed by atoms with van der Waals surface area (Å²) >= 11 is 0. The highest BCUT2D eigenvalue weighted by Gasteiger charge is 2.39. The van der Waals surface area contributed by atoms with E-state index in [0.29, 0.717) is 6.07 Å². The summed E-state index contributed by atoms with van der Waals surface area (Å²) in [6.07, 6.45) is -5.19. The topological polar surface area (TPSA) is 176 Å². The predicted octanol–water partition coefficient (Wildman–Crippen LogP) is 3.54. The van der Waals surface area contributed by atoms with Crippen molar-refractivity contribution >= 4 is 32.8 Å². The normalized spacial score (nSPS) is 11.7. The second-order valence-electron chi connectivity index (χ2n) is 5.71. The molecule has 0 unspecified atom stereocenters. The van der Waals surface area contributed by atoms with Gasteiger partial charge in [-0.3, -0.25) is 35.1 Å². The van der Waals surface area contributed by atoms with E-state index in [1.54, 1.807) is 0 Å². The molecule has 0 aliphatic rings. The van der Waals surface area contributed by atoms with Crippen molar-refractivity contribution in [2.75, 3.05) is 4.72 Å². The first-order chi connectivity index (χ1) is 13.6. The average molecular weight is 450 g/mol. The Labute approximate surface area is 164 Å². The smallest absolute Gasteiger partial charge is 0.267 e. The lowest BCUT2D eigenvalue weighted by Gasteiger charge is -2.12. The van der Waals surface area contributed by atoms with Crippen molar-refractivity contribution in [2.24, 2.45) is 0 Å². The van der Waals surface area contributed by atoms with Crippen molar-refractivity contribution in [3.63, 3.8) is 0 Å². The third-order valence-corrected chi connectivity index (χ3v) is 5.09. The number of aryl methyl sites for hydroxylation is 1. The molecule has 0 heterocycles. The maximum atomic E-state index is 12.9. The molecule has 0 amide bonds. The highest BCUT2D eigenvalue weighted by Crippen LogP contribution is 2.42. The van der Waals surface area contributed by atoms with Gasteiger partial charge in [0.25, 0.3) is 15.7 Å². The van der Waals surface area contributed by atoms with E-state index in [0.717, 1.165) is 12.1 Å². The lowest BCUT2D eigenvalue weighted by atomic mass is 10.1. The SMILES string of the molecule is Cc1ccc(S(=O)(=O)Nc2c([N+](=O)[O-])cc(C(F)(F)F)cc2[N+](=O)[O-])cc1[N+](=O)[O-]. The lowest BCUT2D eigenvalue weighted by Crippen LogP contribution is -2.17. The second-order valence-corrected chi connectivity index (χ2v) is 7.39. The molecular formula is C14H9F3N4O8S. The van der Waals surface area contributed by atoms with Gasteiger partial charge in [-0.2, -0.15) is 13.2 Å². The molecule has 30 heavy (non-hydrogen) atoms. The van der Waals surface area contributed by atoms with Crippen molar-refractivity contribution in [3.05, 3.63) is 71.8 Å². The van der Waals surface area contributed by atoms with Crippen LogP contribution in [0, 0.1) is 37.3 Å². The molecule has 16 heteroatoms. The first kappa shape index (κ1) is 22.5. The standard InChI is InChI=1S/C14H9F3N4O8S/c1-7-2-3-9(6-10(7)19(22)23)30(28,29)18-13-11(20(24)25)4-8(14(15,16)17)5-12(13)21(26)27/h2-6,18H,1H3. The lowest BCUT2D eigenvalue weighted by molar-refractivity contribution is -0.392. The fourth-order valence-electron chi connectivity index (χ4n) is 2.31. The number of anilines is 1. The van der Waals surface area contributed by atoms with Crippen LogP contribution in [0.5, 0.6) is 0 Å². The zero-order valence-corrected chi connectivity index (χ0v) is 15.4. The van der Waals surface area contributed by atoms with Crippen molar-refractivity contribution < 1.29 is 36.4 Å². The van der Waals surface area contributed by atoms with E-state index in [1.807, 2.05) is 0 Å². The summed E-state index contributed by atoms with van der Waals surface area (Å²) in [5, 5.41) is 33.3. The number of halogens is 3. The van der Waals surface area contributed by atoms with Gasteiger partial charge in [0.15, 0.2) is 0 Å². The molecule has 160 valence electrons. The van der Waals surface area contributed by atoms with Crippen molar-refractivity contribution in [1.82, 2.24) is 0 Å². The predicted molar refractivity (Wildman–Crippen MR) is 93.4 cm³/mol. The summed E-state index contributed by atoms with van der Waals surface area (Å²) in [5.74, 6) is 0. The molecule has 0 saturated heterocycles. The van der Waals surface area contributed by atoms with E-state index in [-0.39, 0.29) is 17.7 Å². The van der Waals surface area contributed by atoms with E-state index in [2.05, 4.69) is 0 Å². The number of sulfonamides is 1. The zero-order valence-electron chi connectivity index (χ0n) is 14.5. The van der Waals surface area contributed by atoms with Gasteiger partial charge in [-0.25, -0.2) is 8.42 Å². The number of rotatable bonds is 6. The number of alkyl halides is 3. The first-order valence-corrected chi connectivity index (χ1v) is 8.95. The molecule has 0 saturated carbocycles. The molecule has 0 fully saturated rings. The van der Waals surface area contributed by atoms with Crippen LogP contribution in [0.4, 0.5) is 35.9 Å². The quantitative estimate of drug-likeness (QED) is 0.513. The van der Waals surface area contributed by atoms with Gasteiger partial charge in [0.1, 0.15) is 0 Å². The van der Waals surface area contributed by atoms with E-state index < -0.39 is 64.2 Å². The van der Waals surface area contributed by atoms with Gasteiger partial charge in [0.05, 0.1) is 25.2 Å². The molecule has 1 N–H and O–H groups in total. The molecule has 2 aromatic rings. The van der Waals surface area contributed by atoms with E-state index in [1.165, 1.54) is 11.6 Å². The van der Waals surface area contributed by atoms with E-state index >= 15 is 0 Å². The number of hydrogen-bond donors (Lipinski definition) is 1. The van der Waals surface area contributed by atoms with Gasteiger partial charge < -0.3 is 0 Å². The molecule has 0 spiro atoms. The molecule has 0 aliphatic carbocycles. The van der Waals surface area contributed by atoms with Crippen LogP contribution in [-0.2, 0) is 16.2 Å². The molecule has 0 atom stereocenters. The van der Waals surface area contributed by atoms with Crippen LogP contribution in [0.2, 0.25) is 0 Å². The number of nitrogens with zero attached hydrogens (tertiary/aromatic N) is 3. The summed E-state index contributed by atoms with van der Waals surface area (Å²) in [7, 11) is -4.89. The zero-order chi connectivity index (χ0) is 23.0. The Morgan fingerprint density at radius 2 is 1.33 bits per heavy atom. The number of benzene rings is 2. The van der Waals surface area contributed by atoms with Gasteiger partial charge in [-0.15, -0.1) is 0 Å². The van der Waals surface area contributed by atoms with E-state index in [4.69, 9.17) is 0 Å². The van der Waals surface area contributed by atoms with Gasteiger partial charge >= 0.3 is 17.6 Å². The maximum absolute atomic E-state index is 12.9. The number of nitro benzene ring substituents is 3. The molecule has 12 nitrogen and oxygen atoms in total. The number of hydrogen-bond acceptors (Lipinski definition) is 8. The Morgan fingerprint density at radius 3 is 1.73 bits per heavy atom.